The molecule has 20 heavy (non-hydrogen) atoms. The van der Waals surface area contributed by atoms with Gasteiger partial charge in [0.15, 0.2) is 0 Å². The van der Waals surface area contributed by atoms with Crippen LogP contribution < -0.4 is 5.56 Å². The molecule has 0 aromatic carbocycles. The van der Waals surface area contributed by atoms with Gasteiger partial charge >= 0.3 is 5.97 Å². The minimum Gasteiger partial charge on any atom is -0.466 e. The van der Waals surface area contributed by atoms with Gasteiger partial charge in [0.1, 0.15) is 0 Å². The van der Waals surface area contributed by atoms with Crippen LogP contribution in [0.1, 0.15) is 13.3 Å². The predicted octanol–water partition coefficient (Wildman–Crippen LogP) is 0.653. The van der Waals surface area contributed by atoms with Crippen molar-refractivity contribution in [2.24, 2.45) is 0 Å². The lowest BCUT2D eigenvalue weighted by Crippen LogP contribution is -2.23. The zero-order valence-corrected chi connectivity index (χ0v) is 11.0. The van der Waals surface area contributed by atoms with Crippen molar-refractivity contribution >= 4 is 5.97 Å². The summed E-state index contributed by atoms with van der Waals surface area (Å²) in [6.45, 7) is 2.25. The van der Waals surface area contributed by atoms with E-state index in [1.165, 1.54) is 16.9 Å². The number of aryl methyl sites for hydroxylation is 1. The van der Waals surface area contributed by atoms with Gasteiger partial charge < -0.3 is 4.74 Å². The van der Waals surface area contributed by atoms with Crippen molar-refractivity contribution in [3.8, 4) is 11.3 Å². The minimum atomic E-state index is -0.348. The Labute approximate surface area is 115 Å². The molecule has 0 radical (unpaired) electrons. The molecule has 0 fully saturated rings. The number of ether oxygens (including phenoxy) is 1. The molecule has 7 heteroatoms. The zero-order chi connectivity index (χ0) is 14.4. The van der Waals surface area contributed by atoms with E-state index in [-0.39, 0.29) is 24.5 Å². The van der Waals surface area contributed by atoms with Crippen LogP contribution in [0.25, 0.3) is 11.3 Å². The molecule has 0 aliphatic rings. The average molecular weight is 274 g/mol. The van der Waals surface area contributed by atoms with Gasteiger partial charge in [0, 0.05) is 17.8 Å². The molecule has 2 aromatic rings. The fourth-order valence-corrected chi connectivity index (χ4v) is 1.63. The third kappa shape index (κ3) is 3.47. The zero-order valence-electron chi connectivity index (χ0n) is 11.0. The van der Waals surface area contributed by atoms with Gasteiger partial charge in [-0.15, -0.1) is 0 Å². The Morgan fingerprint density at radius 1 is 1.45 bits per heavy atom. The van der Waals surface area contributed by atoms with Crippen molar-refractivity contribution in [1.29, 1.82) is 0 Å². The van der Waals surface area contributed by atoms with E-state index in [1.54, 1.807) is 25.3 Å². The molecule has 2 aromatic heterocycles. The van der Waals surface area contributed by atoms with E-state index >= 15 is 0 Å². The Morgan fingerprint density at radius 2 is 2.30 bits per heavy atom. The molecule has 0 bridgehead atoms. The number of hydrogen-bond donors (Lipinski definition) is 0. The Balaban J connectivity index is 2.11. The van der Waals surface area contributed by atoms with Crippen LogP contribution in [0.15, 0.2) is 35.4 Å². The molecule has 0 N–H and O–H groups in total. The number of hydrogen-bond acceptors (Lipinski definition) is 6. The van der Waals surface area contributed by atoms with Crippen molar-refractivity contribution in [3.63, 3.8) is 0 Å². The highest BCUT2D eigenvalue weighted by molar-refractivity contribution is 5.69. The van der Waals surface area contributed by atoms with Gasteiger partial charge in [-0.2, -0.15) is 15.3 Å². The quantitative estimate of drug-likeness (QED) is 0.744. The molecule has 0 amide bonds. The molecule has 0 aliphatic heterocycles. The van der Waals surface area contributed by atoms with Crippen molar-refractivity contribution in [3.05, 3.63) is 40.9 Å². The number of aromatic nitrogens is 4. The predicted molar refractivity (Wildman–Crippen MR) is 70.8 cm³/mol. The van der Waals surface area contributed by atoms with Crippen LogP contribution in [0.3, 0.4) is 0 Å². The van der Waals surface area contributed by atoms with Gasteiger partial charge in [-0.3, -0.25) is 9.59 Å². The highest BCUT2D eigenvalue weighted by Crippen LogP contribution is 2.10. The van der Waals surface area contributed by atoms with Crippen LogP contribution in [-0.2, 0) is 16.1 Å². The van der Waals surface area contributed by atoms with Gasteiger partial charge in [-0.05, 0) is 19.1 Å². The third-order valence-corrected chi connectivity index (χ3v) is 2.57. The van der Waals surface area contributed by atoms with Gasteiger partial charge in [-0.1, -0.05) is 0 Å². The normalized spacial score (nSPS) is 10.2. The van der Waals surface area contributed by atoms with Crippen LogP contribution in [0, 0.1) is 0 Å². The summed E-state index contributed by atoms with van der Waals surface area (Å²) >= 11 is 0. The highest BCUT2D eigenvalue weighted by atomic mass is 16.5. The van der Waals surface area contributed by atoms with Crippen LogP contribution in [0.5, 0.6) is 0 Å². The Bertz CT molecular complexity index is 640. The molecule has 0 saturated heterocycles. The molecular formula is C13H14N4O3. The van der Waals surface area contributed by atoms with Crippen LogP contribution in [0.4, 0.5) is 0 Å². The molecule has 0 atom stereocenters. The first-order valence-corrected chi connectivity index (χ1v) is 6.21. The summed E-state index contributed by atoms with van der Waals surface area (Å²) in [7, 11) is 0. The second kappa shape index (κ2) is 6.55. The maximum absolute atomic E-state index is 11.9. The highest BCUT2D eigenvalue weighted by Gasteiger charge is 2.06. The average Bonchev–Trinajstić information content (AvgIpc) is 2.47. The summed E-state index contributed by atoms with van der Waals surface area (Å²) in [5.74, 6) is -0.348. The second-order valence-electron chi connectivity index (χ2n) is 3.97. The van der Waals surface area contributed by atoms with Gasteiger partial charge in [0.05, 0.1) is 31.5 Å². The first-order chi connectivity index (χ1) is 9.70. The van der Waals surface area contributed by atoms with Crippen molar-refractivity contribution in [2.45, 2.75) is 19.9 Å². The van der Waals surface area contributed by atoms with E-state index in [2.05, 4.69) is 15.3 Å². The molecule has 2 rings (SSSR count). The number of carbonyl (C=O) groups is 1. The lowest BCUT2D eigenvalue weighted by molar-refractivity contribution is -0.143. The fraction of sp³-hybridized carbons (Fsp3) is 0.308. The number of rotatable bonds is 5. The number of nitrogens with zero attached hydrogens (tertiary/aromatic N) is 4. The van der Waals surface area contributed by atoms with E-state index < -0.39 is 0 Å². The van der Waals surface area contributed by atoms with E-state index in [4.69, 9.17) is 4.74 Å². The molecule has 0 unspecified atom stereocenters. The maximum Gasteiger partial charge on any atom is 0.307 e. The molecule has 0 spiro atoms. The first kappa shape index (κ1) is 13.9. The summed E-state index contributed by atoms with van der Waals surface area (Å²) in [6.07, 6.45) is 3.19. The van der Waals surface area contributed by atoms with E-state index in [1.807, 2.05) is 0 Å². The smallest absolute Gasteiger partial charge is 0.307 e. The largest absolute Gasteiger partial charge is 0.466 e. The second-order valence-corrected chi connectivity index (χ2v) is 3.97. The van der Waals surface area contributed by atoms with Gasteiger partial charge in [0.25, 0.3) is 5.56 Å². The molecular weight excluding hydrogens is 260 g/mol. The number of carbonyl (C=O) groups excluding carboxylic acids is 1. The standard InChI is InChI=1S/C13H14N4O3/c1-2-20-13(19)5-7-17-12(18)8-10(9-15-17)11-4-3-6-14-16-11/h3-4,6,8-9H,2,5,7H2,1H3. The molecule has 104 valence electrons. The Kier molecular flexibility index (Phi) is 4.54. The van der Waals surface area contributed by atoms with E-state index in [0.29, 0.717) is 17.9 Å². The van der Waals surface area contributed by atoms with Crippen LogP contribution in [-0.4, -0.2) is 32.6 Å². The van der Waals surface area contributed by atoms with E-state index in [0.717, 1.165) is 0 Å². The maximum atomic E-state index is 11.9. The summed E-state index contributed by atoms with van der Waals surface area (Å²) in [4.78, 5) is 23.1. The van der Waals surface area contributed by atoms with Crippen molar-refractivity contribution < 1.29 is 9.53 Å². The molecule has 2 heterocycles. The third-order valence-electron chi connectivity index (χ3n) is 2.57. The lowest BCUT2D eigenvalue weighted by Gasteiger charge is -2.05. The Morgan fingerprint density at radius 3 is 2.95 bits per heavy atom. The SMILES string of the molecule is CCOC(=O)CCn1ncc(-c2cccnn2)cc1=O. The lowest BCUT2D eigenvalue weighted by atomic mass is 10.2. The Hall–Kier alpha value is -2.57. The summed E-state index contributed by atoms with van der Waals surface area (Å²) < 4.78 is 6.02. The van der Waals surface area contributed by atoms with Crippen LogP contribution >= 0.6 is 0 Å². The van der Waals surface area contributed by atoms with Gasteiger partial charge in [0.2, 0.25) is 0 Å². The van der Waals surface area contributed by atoms with Gasteiger partial charge in [-0.25, -0.2) is 4.68 Å². The summed E-state index contributed by atoms with van der Waals surface area (Å²) in [5, 5.41) is 11.7. The van der Waals surface area contributed by atoms with Crippen molar-refractivity contribution in [2.75, 3.05) is 6.61 Å². The summed E-state index contributed by atoms with van der Waals surface area (Å²) in [6, 6.07) is 4.89. The minimum absolute atomic E-state index is 0.116. The molecule has 7 nitrogen and oxygen atoms in total. The summed E-state index contributed by atoms with van der Waals surface area (Å²) in [5.41, 5.74) is 0.877. The topological polar surface area (TPSA) is 87.0 Å². The van der Waals surface area contributed by atoms with Crippen LogP contribution in [0.2, 0.25) is 0 Å². The monoisotopic (exact) mass is 274 g/mol. The fourth-order valence-electron chi connectivity index (χ4n) is 1.63. The number of esters is 1. The molecule has 0 saturated carbocycles. The van der Waals surface area contributed by atoms with E-state index in [9.17, 15) is 9.59 Å². The molecule has 0 aliphatic carbocycles. The van der Waals surface area contributed by atoms with Crippen molar-refractivity contribution in [1.82, 2.24) is 20.0 Å². The first-order valence-electron chi connectivity index (χ1n) is 6.21.